The lowest BCUT2D eigenvalue weighted by molar-refractivity contribution is -0.143. The molecule has 0 radical (unpaired) electrons. The zero-order chi connectivity index (χ0) is 8.48. The second kappa shape index (κ2) is 3.05. The van der Waals surface area contributed by atoms with E-state index in [0.717, 1.165) is 19.3 Å². The molecule has 3 heteroatoms. The minimum atomic E-state index is -0.630. The van der Waals surface area contributed by atoms with Gasteiger partial charge in [0.1, 0.15) is 4.75 Å². The summed E-state index contributed by atoms with van der Waals surface area (Å²) in [6, 6.07) is 0. The molecule has 1 fully saturated rings. The van der Waals surface area contributed by atoms with Crippen LogP contribution < -0.4 is 0 Å². The largest absolute Gasteiger partial charge is 0.480 e. The highest BCUT2D eigenvalue weighted by molar-refractivity contribution is 8.00. The van der Waals surface area contributed by atoms with Crippen LogP contribution in [-0.2, 0) is 4.79 Å². The van der Waals surface area contributed by atoms with E-state index in [-0.39, 0.29) is 0 Å². The van der Waals surface area contributed by atoms with Crippen molar-refractivity contribution >= 4 is 17.7 Å². The molecule has 1 N–H and O–H groups in total. The lowest BCUT2D eigenvalue weighted by atomic mass is 9.73. The van der Waals surface area contributed by atoms with Crippen LogP contribution in [0.1, 0.15) is 26.2 Å². The molecule has 0 saturated heterocycles. The van der Waals surface area contributed by atoms with Gasteiger partial charge < -0.3 is 5.11 Å². The Balaban J connectivity index is 2.50. The zero-order valence-corrected chi connectivity index (χ0v) is 7.78. The van der Waals surface area contributed by atoms with Gasteiger partial charge in [-0.2, -0.15) is 0 Å². The maximum absolute atomic E-state index is 10.8. The number of rotatable bonds is 3. The van der Waals surface area contributed by atoms with Crippen molar-refractivity contribution in [2.75, 3.05) is 6.26 Å². The number of hydrogen-bond donors (Lipinski definition) is 1. The molecule has 0 spiro atoms. The van der Waals surface area contributed by atoms with E-state index in [1.54, 1.807) is 0 Å². The van der Waals surface area contributed by atoms with Crippen molar-refractivity contribution in [2.45, 2.75) is 30.9 Å². The predicted octanol–water partition coefficient (Wildman–Crippen LogP) is 1.99. The fourth-order valence-corrected chi connectivity index (χ4v) is 2.57. The molecular formula is C8H14O2S. The minimum Gasteiger partial charge on any atom is -0.480 e. The summed E-state index contributed by atoms with van der Waals surface area (Å²) in [5, 5.41) is 8.88. The van der Waals surface area contributed by atoms with Crippen molar-refractivity contribution in [2.24, 2.45) is 5.92 Å². The van der Waals surface area contributed by atoms with E-state index in [9.17, 15) is 4.79 Å². The normalized spacial score (nSPS) is 36.4. The van der Waals surface area contributed by atoms with Gasteiger partial charge in [-0.1, -0.05) is 13.3 Å². The Morgan fingerprint density at radius 1 is 1.73 bits per heavy atom. The van der Waals surface area contributed by atoms with Gasteiger partial charge in [-0.15, -0.1) is 11.8 Å². The van der Waals surface area contributed by atoms with Crippen molar-refractivity contribution in [3.63, 3.8) is 0 Å². The van der Waals surface area contributed by atoms with E-state index in [1.807, 2.05) is 6.26 Å². The van der Waals surface area contributed by atoms with E-state index in [1.165, 1.54) is 11.8 Å². The van der Waals surface area contributed by atoms with Crippen LogP contribution in [0, 0.1) is 5.92 Å². The first kappa shape index (κ1) is 8.91. The zero-order valence-electron chi connectivity index (χ0n) is 6.96. The molecule has 11 heavy (non-hydrogen) atoms. The molecule has 0 aromatic heterocycles. The summed E-state index contributed by atoms with van der Waals surface area (Å²) < 4.78 is -0.430. The first-order valence-corrected chi connectivity index (χ1v) is 5.15. The number of carboxylic acid groups (broad SMARTS) is 1. The number of carbonyl (C=O) groups is 1. The average Bonchev–Trinajstić information content (AvgIpc) is 1.86. The molecule has 0 atom stereocenters. The van der Waals surface area contributed by atoms with Gasteiger partial charge in [0.05, 0.1) is 0 Å². The Morgan fingerprint density at radius 2 is 2.27 bits per heavy atom. The predicted molar refractivity (Wildman–Crippen MR) is 46.9 cm³/mol. The van der Waals surface area contributed by atoms with Crippen LogP contribution in [0.2, 0.25) is 0 Å². The van der Waals surface area contributed by atoms with Crippen molar-refractivity contribution in [1.82, 2.24) is 0 Å². The van der Waals surface area contributed by atoms with E-state index in [0.29, 0.717) is 5.92 Å². The highest BCUT2D eigenvalue weighted by atomic mass is 32.2. The van der Waals surface area contributed by atoms with E-state index < -0.39 is 10.7 Å². The lowest BCUT2D eigenvalue weighted by Crippen LogP contribution is -2.47. The van der Waals surface area contributed by atoms with Crippen LogP contribution in [0.4, 0.5) is 0 Å². The van der Waals surface area contributed by atoms with Crippen LogP contribution in [0.15, 0.2) is 0 Å². The number of carboxylic acids is 1. The Labute approximate surface area is 71.4 Å². The molecule has 0 bridgehead atoms. The van der Waals surface area contributed by atoms with Crippen molar-refractivity contribution in [3.05, 3.63) is 0 Å². The Kier molecular flexibility index (Phi) is 2.47. The van der Waals surface area contributed by atoms with Gasteiger partial charge in [0.2, 0.25) is 0 Å². The molecule has 0 aliphatic heterocycles. The number of aliphatic carboxylic acids is 1. The van der Waals surface area contributed by atoms with Crippen molar-refractivity contribution in [1.29, 1.82) is 0 Å². The maximum atomic E-state index is 10.8. The van der Waals surface area contributed by atoms with Gasteiger partial charge in [0.25, 0.3) is 0 Å². The molecule has 0 aromatic rings. The van der Waals surface area contributed by atoms with Crippen LogP contribution in [0.3, 0.4) is 0 Å². The van der Waals surface area contributed by atoms with Gasteiger partial charge >= 0.3 is 5.97 Å². The van der Waals surface area contributed by atoms with Gasteiger partial charge in [-0.25, -0.2) is 0 Å². The van der Waals surface area contributed by atoms with Gasteiger partial charge in [0.15, 0.2) is 0 Å². The third-order valence-corrected chi connectivity index (χ3v) is 3.88. The molecule has 1 saturated carbocycles. The topological polar surface area (TPSA) is 37.3 Å². The molecule has 0 unspecified atom stereocenters. The molecule has 1 aliphatic rings. The van der Waals surface area contributed by atoms with Crippen LogP contribution in [-0.4, -0.2) is 22.1 Å². The van der Waals surface area contributed by atoms with E-state index >= 15 is 0 Å². The summed E-state index contributed by atoms with van der Waals surface area (Å²) in [6.45, 7) is 2.12. The summed E-state index contributed by atoms with van der Waals surface area (Å²) in [5.74, 6) is 0.0215. The highest BCUT2D eigenvalue weighted by Crippen LogP contribution is 2.48. The Morgan fingerprint density at radius 3 is 2.55 bits per heavy atom. The van der Waals surface area contributed by atoms with Crippen LogP contribution in [0.25, 0.3) is 0 Å². The number of hydrogen-bond acceptors (Lipinski definition) is 2. The third-order valence-electron chi connectivity index (χ3n) is 2.59. The summed E-state index contributed by atoms with van der Waals surface area (Å²) >= 11 is 1.49. The van der Waals surface area contributed by atoms with Gasteiger partial charge in [-0.05, 0) is 25.0 Å². The standard InChI is InChI=1S/C8H14O2S/c1-3-6-4-8(5-6,11-2)7(9)10/h6H,3-5H2,1-2H3,(H,9,10). The SMILES string of the molecule is CCC1CC(SC)(C(=O)O)C1. The van der Waals surface area contributed by atoms with Crippen LogP contribution >= 0.6 is 11.8 Å². The summed E-state index contributed by atoms with van der Waals surface area (Å²) in [5.41, 5.74) is 0. The van der Waals surface area contributed by atoms with Crippen molar-refractivity contribution in [3.8, 4) is 0 Å². The summed E-state index contributed by atoms with van der Waals surface area (Å²) in [6.07, 6.45) is 4.73. The fraction of sp³-hybridized carbons (Fsp3) is 0.875. The molecular weight excluding hydrogens is 160 g/mol. The molecule has 2 nitrogen and oxygen atoms in total. The monoisotopic (exact) mass is 174 g/mol. The fourth-order valence-electron chi connectivity index (χ4n) is 1.59. The first-order valence-electron chi connectivity index (χ1n) is 3.93. The molecule has 0 amide bonds. The molecule has 0 heterocycles. The Bertz CT molecular complexity index is 161. The molecule has 1 aliphatic carbocycles. The van der Waals surface area contributed by atoms with E-state index in [4.69, 9.17) is 5.11 Å². The summed E-state index contributed by atoms with van der Waals surface area (Å²) in [7, 11) is 0. The first-order chi connectivity index (χ1) is 5.14. The third kappa shape index (κ3) is 1.39. The smallest absolute Gasteiger partial charge is 0.319 e. The van der Waals surface area contributed by atoms with Gasteiger partial charge in [-0.3, -0.25) is 4.79 Å². The average molecular weight is 174 g/mol. The van der Waals surface area contributed by atoms with E-state index in [2.05, 4.69) is 6.92 Å². The van der Waals surface area contributed by atoms with Crippen LogP contribution in [0.5, 0.6) is 0 Å². The second-order valence-corrected chi connectivity index (χ2v) is 4.38. The lowest BCUT2D eigenvalue weighted by Gasteiger charge is -2.42. The highest BCUT2D eigenvalue weighted by Gasteiger charge is 2.48. The Hall–Kier alpha value is -0.180. The minimum absolute atomic E-state index is 0.430. The molecule has 1 rings (SSSR count). The number of thioether (sulfide) groups is 1. The second-order valence-electron chi connectivity index (χ2n) is 3.19. The van der Waals surface area contributed by atoms with Gasteiger partial charge in [0, 0.05) is 0 Å². The van der Waals surface area contributed by atoms with Crippen molar-refractivity contribution < 1.29 is 9.90 Å². The molecule has 0 aromatic carbocycles. The quantitative estimate of drug-likeness (QED) is 0.711. The maximum Gasteiger partial charge on any atom is 0.319 e. The summed E-state index contributed by atoms with van der Waals surface area (Å²) in [4.78, 5) is 10.8. The molecule has 64 valence electrons.